The number of rotatable bonds is 3. The van der Waals surface area contributed by atoms with Gasteiger partial charge in [-0.25, -0.2) is 9.50 Å². The number of hydrogen-bond acceptors (Lipinski definition) is 6. The fourth-order valence-electron chi connectivity index (χ4n) is 2.83. The molecule has 0 aliphatic carbocycles. The Morgan fingerprint density at radius 1 is 1.43 bits per heavy atom. The first-order valence-electron chi connectivity index (χ1n) is 7.48. The van der Waals surface area contributed by atoms with Crippen LogP contribution in [-0.2, 0) is 0 Å². The Hall–Kier alpha value is -2.48. The summed E-state index contributed by atoms with van der Waals surface area (Å²) < 4.78 is 5.92. The van der Waals surface area contributed by atoms with E-state index in [1.54, 1.807) is 10.7 Å². The first-order chi connectivity index (χ1) is 11.2. The zero-order valence-corrected chi connectivity index (χ0v) is 13.5. The van der Waals surface area contributed by atoms with Crippen molar-refractivity contribution in [1.82, 2.24) is 23.9 Å². The Balaban J connectivity index is 1.44. The molecule has 1 aliphatic heterocycles. The predicted octanol–water partition coefficient (Wildman–Crippen LogP) is 1.82. The van der Waals surface area contributed by atoms with Crippen LogP contribution in [0, 0.1) is 6.92 Å². The second-order valence-corrected chi connectivity index (χ2v) is 6.27. The lowest BCUT2D eigenvalue weighted by molar-refractivity contribution is 0.0791. The molecule has 0 saturated carbocycles. The molecule has 7 nitrogen and oxygen atoms in total. The Morgan fingerprint density at radius 2 is 2.35 bits per heavy atom. The molecule has 3 aromatic rings. The van der Waals surface area contributed by atoms with Gasteiger partial charge in [0.2, 0.25) is 0 Å². The van der Waals surface area contributed by atoms with Crippen molar-refractivity contribution in [3.63, 3.8) is 0 Å². The van der Waals surface area contributed by atoms with Gasteiger partial charge in [0.25, 0.3) is 5.91 Å². The molecule has 1 fully saturated rings. The van der Waals surface area contributed by atoms with E-state index in [1.165, 1.54) is 11.5 Å². The number of hydrogen-bond donors (Lipinski definition) is 1. The van der Waals surface area contributed by atoms with Crippen LogP contribution in [0.2, 0.25) is 0 Å². The van der Waals surface area contributed by atoms with Crippen molar-refractivity contribution in [2.24, 2.45) is 0 Å². The lowest BCUT2D eigenvalue weighted by Gasteiger charge is -2.17. The van der Waals surface area contributed by atoms with Gasteiger partial charge in [0, 0.05) is 36.9 Å². The summed E-state index contributed by atoms with van der Waals surface area (Å²) in [5, 5.41) is 9.69. The van der Waals surface area contributed by atoms with Gasteiger partial charge >= 0.3 is 0 Å². The third-order valence-corrected chi connectivity index (χ3v) is 4.78. The highest BCUT2D eigenvalue weighted by molar-refractivity contribution is 7.03. The molecule has 1 amide bonds. The molecule has 1 N–H and O–H groups in total. The van der Waals surface area contributed by atoms with E-state index in [-0.39, 0.29) is 11.9 Å². The average molecular weight is 328 g/mol. The maximum Gasteiger partial charge on any atom is 0.256 e. The van der Waals surface area contributed by atoms with Gasteiger partial charge < -0.3 is 10.2 Å². The number of imidazole rings is 1. The zero-order chi connectivity index (χ0) is 15.8. The first kappa shape index (κ1) is 14.1. The van der Waals surface area contributed by atoms with Crippen molar-refractivity contribution in [3.05, 3.63) is 41.2 Å². The smallest absolute Gasteiger partial charge is 0.256 e. The third kappa shape index (κ3) is 2.65. The van der Waals surface area contributed by atoms with Gasteiger partial charge in [0.1, 0.15) is 5.82 Å². The maximum absolute atomic E-state index is 12.5. The molecule has 118 valence electrons. The number of likely N-dealkylation sites (tertiary alicyclic amines) is 1. The molecule has 0 unspecified atom stereocenters. The number of fused-ring (bicyclic) bond motifs is 1. The van der Waals surface area contributed by atoms with Crippen LogP contribution < -0.4 is 5.32 Å². The topological polar surface area (TPSA) is 75.4 Å². The first-order valence-corrected chi connectivity index (χ1v) is 8.31. The van der Waals surface area contributed by atoms with E-state index in [2.05, 4.69) is 19.8 Å². The average Bonchev–Trinajstić information content (AvgIpc) is 3.26. The number of aromatic nitrogens is 4. The standard InChI is InChI=1S/C15H16N6OS/c1-10-12(9-23-19-10)15(22)20-6-4-11(8-20)17-13-2-3-14-16-5-7-21(14)18-13/h2-3,5,7,9,11H,4,6,8H2,1H3,(H,17,18)/t11-/m1/s1. The number of amides is 1. The van der Waals surface area contributed by atoms with E-state index in [9.17, 15) is 4.79 Å². The summed E-state index contributed by atoms with van der Waals surface area (Å²) in [6.07, 6.45) is 4.45. The second kappa shape index (κ2) is 5.62. The Labute approximate surface area is 137 Å². The molecule has 0 spiro atoms. The lowest BCUT2D eigenvalue weighted by atomic mass is 10.2. The molecule has 0 bridgehead atoms. The number of aryl methyl sites for hydroxylation is 1. The number of anilines is 1. The highest BCUT2D eigenvalue weighted by atomic mass is 32.1. The van der Waals surface area contributed by atoms with Crippen LogP contribution in [0.25, 0.3) is 5.65 Å². The van der Waals surface area contributed by atoms with Crippen molar-refractivity contribution in [1.29, 1.82) is 0 Å². The quantitative estimate of drug-likeness (QED) is 0.794. The zero-order valence-electron chi connectivity index (χ0n) is 12.6. The highest BCUT2D eigenvalue weighted by Gasteiger charge is 2.28. The van der Waals surface area contributed by atoms with Gasteiger partial charge in [-0.3, -0.25) is 4.79 Å². The number of nitrogens with one attached hydrogen (secondary N) is 1. The number of carbonyl (C=O) groups excluding carboxylic acids is 1. The van der Waals surface area contributed by atoms with Crippen molar-refractivity contribution in [3.8, 4) is 0 Å². The van der Waals surface area contributed by atoms with Gasteiger partial charge in [0.05, 0.1) is 11.3 Å². The SMILES string of the molecule is Cc1nscc1C(=O)N1CC[C@@H](Nc2ccc3nccn3n2)C1. The summed E-state index contributed by atoms with van der Waals surface area (Å²) in [5.41, 5.74) is 2.34. The van der Waals surface area contributed by atoms with Crippen molar-refractivity contribution in [2.75, 3.05) is 18.4 Å². The number of carbonyl (C=O) groups is 1. The summed E-state index contributed by atoms with van der Waals surface area (Å²) in [4.78, 5) is 18.6. The van der Waals surface area contributed by atoms with Crippen molar-refractivity contribution < 1.29 is 4.79 Å². The molecular formula is C15H16N6OS. The van der Waals surface area contributed by atoms with Crippen LogP contribution in [0.1, 0.15) is 22.5 Å². The van der Waals surface area contributed by atoms with E-state index in [0.29, 0.717) is 12.1 Å². The minimum absolute atomic E-state index is 0.0681. The summed E-state index contributed by atoms with van der Waals surface area (Å²) >= 11 is 1.33. The minimum atomic E-state index is 0.0681. The fraction of sp³-hybridized carbons (Fsp3) is 0.333. The van der Waals surface area contributed by atoms with Crippen LogP contribution in [0.15, 0.2) is 29.9 Å². The van der Waals surface area contributed by atoms with Gasteiger partial charge in [-0.1, -0.05) is 0 Å². The molecule has 23 heavy (non-hydrogen) atoms. The molecular weight excluding hydrogens is 312 g/mol. The summed E-state index contributed by atoms with van der Waals surface area (Å²) in [7, 11) is 0. The van der Waals surface area contributed by atoms with Gasteiger partial charge in [0.15, 0.2) is 5.65 Å². The van der Waals surface area contributed by atoms with Crippen LogP contribution in [0.3, 0.4) is 0 Å². The monoisotopic (exact) mass is 328 g/mol. The molecule has 1 atom stereocenters. The largest absolute Gasteiger partial charge is 0.364 e. The van der Waals surface area contributed by atoms with E-state index in [4.69, 9.17) is 0 Å². The Kier molecular flexibility index (Phi) is 3.45. The molecule has 0 aromatic carbocycles. The molecule has 0 radical (unpaired) electrons. The van der Waals surface area contributed by atoms with E-state index in [0.717, 1.165) is 30.1 Å². The van der Waals surface area contributed by atoms with Gasteiger partial charge in [-0.15, -0.1) is 5.10 Å². The molecule has 3 aromatic heterocycles. The summed E-state index contributed by atoms with van der Waals surface area (Å²) in [5.74, 6) is 0.863. The maximum atomic E-state index is 12.5. The number of nitrogens with zero attached hydrogens (tertiary/aromatic N) is 5. The van der Waals surface area contributed by atoms with Gasteiger partial charge in [-0.2, -0.15) is 4.37 Å². The molecule has 4 rings (SSSR count). The molecule has 4 heterocycles. The van der Waals surface area contributed by atoms with Crippen molar-refractivity contribution >= 4 is 28.9 Å². The minimum Gasteiger partial charge on any atom is -0.364 e. The molecule has 8 heteroatoms. The van der Waals surface area contributed by atoms with E-state index in [1.807, 2.05) is 35.5 Å². The third-order valence-electron chi connectivity index (χ3n) is 4.06. The normalized spacial score (nSPS) is 17.8. The van der Waals surface area contributed by atoms with Crippen LogP contribution in [-0.4, -0.2) is 48.9 Å². The Bertz CT molecular complexity index is 856. The summed E-state index contributed by atoms with van der Waals surface area (Å²) in [6, 6.07) is 4.05. The predicted molar refractivity (Wildman–Crippen MR) is 87.8 cm³/mol. The fourth-order valence-corrected chi connectivity index (χ4v) is 3.52. The second-order valence-electron chi connectivity index (χ2n) is 5.64. The highest BCUT2D eigenvalue weighted by Crippen LogP contribution is 2.19. The summed E-state index contributed by atoms with van der Waals surface area (Å²) in [6.45, 7) is 3.30. The van der Waals surface area contributed by atoms with Crippen molar-refractivity contribution in [2.45, 2.75) is 19.4 Å². The molecule has 1 aliphatic rings. The van der Waals surface area contributed by atoms with Gasteiger partial charge in [-0.05, 0) is 37.0 Å². The van der Waals surface area contributed by atoms with Crippen LogP contribution in [0.4, 0.5) is 5.82 Å². The van der Waals surface area contributed by atoms with E-state index >= 15 is 0 Å². The molecule has 1 saturated heterocycles. The van der Waals surface area contributed by atoms with E-state index < -0.39 is 0 Å². The Morgan fingerprint density at radius 3 is 3.17 bits per heavy atom. The lowest BCUT2D eigenvalue weighted by Crippen LogP contribution is -2.32. The van der Waals surface area contributed by atoms with Crippen LogP contribution in [0.5, 0.6) is 0 Å². The van der Waals surface area contributed by atoms with Crippen LogP contribution >= 0.6 is 11.5 Å².